The smallest absolute Gasteiger partial charge is 0.386 e. The minimum atomic E-state index is -4.77. The molecule has 0 amide bonds. The second kappa shape index (κ2) is 7.91. The van der Waals surface area contributed by atoms with Gasteiger partial charge in [0.05, 0.1) is 27.6 Å². The fourth-order valence-electron chi connectivity index (χ4n) is 4.36. The monoisotopic (exact) mass is 497 g/mol. The SMILES string of the molecule is CC(C)[C@H]1c2nc3ccc(S(C)(=O)=O)cc3n2CCN1c1ncc(C(C)(C)O)c(C(F)(F)F)n1. The van der Waals surface area contributed by atoms with Crippen LogP contribution in [0.25, 0.3) is 11.0 Å². The van der Waals surface area contributed by atoms with Gasteiger partial charge < -0.3 is 14.6 Å². The lowest BCUT2D eigenvalue weighted by Crippen LogP contribution is -2.42. The molecule has 0 saturated carbocycles. The lowest BCUT2D eigenvalue weighted by atomic mass is 9.97. The number of hydrogen-bond acceptors (Lipinski definition) is 7. The van der Waals surface area contributed by atoms with Gasteiger partial charge in [-0.3, -0.25) is 0 Å². The van der Waals surface area contributed by atoms with Gasteiger partial charge in [-0.1, -0.05) is 13.8 Å². The van der Waals surface area contributed by atoms with Gasteiger partial charge in [0.25, 0.3) is 0 Å². The summed E-state index contributed by atoms with van der Waals surface area (Å²) in [5.41, 5.74) is -2.10. The molecule has 4 rings (SSSR count). The molecule has 0 fully saturated rings. The Morgan fingerprint density at radius 2 is 1.82 bits per heavy atom. The highest BCUT2D eigenvalue weighted by Crippen LogP contribution is 2.39. The maximum absolute atomic E-state index is 13.8. The van der Waals surface area contributed by atoms with Crippen LogP contribution in [0.5, 0.6) is 0 Å². The van der Waals surface area contributed by atoms with Crippen molar-refractivity contribution in [2.75, 3.05) is 17.7 Å². The predicted octanol–water partition coefficient (Wildman–Crippen LogP) is 3.69. The van der Waals surface area contributed by atoms with E-state index in [1.54, 1.807) is 17.0 Å². The first-order chi connectivity index (χ1) is 15.6. The van der Waals surface area contributed by atoms with Gasteiger partial charge >= 0.3 is 6.18 Å². The number of nitrogens with zero attached hydrogens (tertiary/aromatic N) is 5. The van der Waals surface area contributed by atoms with E-state index in [9.17, 15) is 26.7 Å². The maximum Gasteiger partial charge on any atom is 0.433 e. The number of alkyl halides is 3. The number of anilines is 1. The molecule has 1 aromatic carbocycles. The number of aliphatic hydroxyl groups is 1. The van der Waals surface area contributed by atoms with Crippen LogP contribution in [0.15, 0.2) is 29.3 Å². The van der Waals surface area contributed by atoms with Crippen molar-refractivity contribution >= 4 is 26.8 Å². The Morgan fingerprint density at radius 1 is 1.15 bits per heavy atom. The molecule has 1 aliphatic heterocycles. The van der Waals surface area contributed by atoms with E-state index in [1.165, 1.54) is 19.9 Å². The molecule has 184 valence electrons. The average molecular weight is 498 g/mol. The third-order valence-electron chi connectivity index (χ3n) is 5.93. The second-order valence-corrected chi connectivity index (χ2v) is 11.4. The number of rotatable bonds is 4. The van der Waals surface area contributed by atoms with Crippen molar-refractivity contribution in [3.8, 4) is 0 Å². The summed E-state index contributed by atoms with van der Waals surface area (Å²) >= 11 is 0. The molecule has 1 aliphatic rings. The number of aromatic nitrogens is 4. The third-order valence-corrected chi connectivity index (χ3v) is 7.04. The van der Waals surface area contributed by atoms with Crippen molar-refractivity contribution in [3.63, 3.8) is 0 Å². The summed E-state index contributed by atoms with van der Waals surface area (Å²) in [5.74, 6) is 0.428. The molecule has 0 radical (unpaired) electrons. The van der Waals surface area contributed by atoms with Crippen LogP contribution in [-0.4, -0.2) is 45.8 Å². The Morgan fingerprint density at radius 3 is 2.38 bits per heavy atom. The third kappa shape index (κ3) is 4.24. The molecule has 12 heteroatoms. The normalized spacial score (nSPS) is 17.5. The summed E-state index contributed by atoms with van der Waals surface area (Å²) in [5, 5.41) is 10.2. The topological polar surface area (TPSA) is 101 Å². The highest BCUT2D eigenvalue weighted by molar-refractivity contribution is 7.90. The Bertz CT molecular complexity index is 1360. The lowest BCUT2D eigenvalue weighted by molar-refractivity contribution is -0.144. The van der Waals surface area contributed by atoms with Crippen LogP contribution in [0.1, 0.15) is 50.8 Å². The van der Waals surface area contributed by atoms with Gasteiger partial charge in [-0.2, -0.15) is 13.2 Å². The largest absolute Gasteiger partial charge is 0.433 e. The van der Waals surface area contributed by atoms with Crippen molar-refractivity contribution in [2.24, 2.45) is 5.92 Å². The molecule has 34 heavy (non-hydrogen) atoms. The number of fused-ring (bicyclic) bond motifs is 3. The van der Waals surface area contributed by atoms with E-state index in [1.807, 2.05) is 18.4 Å². The summed E-state index contributed by atoms with van der Waals surface area (Å²) in [6, 6.07) is 4.25. The molecular weight excluding hydrogens is 471 g/mol. The van der Waals surface area contributed by atoms with Gasteiger partial charge in [0.2, 0.25) is 5.95 Å². The first-order valence-electron chi connectivity index (χ1n) is 10.7. The van der Waals surface area contributed by atoms with Gasteiger partial charge in [-0.15, -0.1) is 0 Å². The number of hydrogen-bond donors (Lipinski definition) is 1. The van der Waals surface area contributed by atoms with Crippen molar-refractivity contribution in [3.05, 3.63) is 41.5 Å². The van der Waals surface area contributed by atoms with Gasteiger partial charge in [-0.25, -0.2) is 23.4 Å². The summed E-state index contributed by atoms with van der Waals surface area (Å²) < 4.78 is 67.4. The molecule has 3 aromatic rings. The van der Waals surface area contributed by atoms with Gasteiger partial charge in [-0.05, 0) is 38.0 Å². The van der Waals surface area contributed by atoms with Gasteiger partial charge in [0.1, 0.15) is 5.82 Å². The fraction of sp³-hybridized carbons (Fsp3) is 0.500. The van der Waals surface area contributed by atoms with E-state index >= 15 is 0 Å². The van der Waals surface area contributed by atoms with E-state index in [2.05, 4.69) is 9.97 Å². The Balaban J connectivity index is 1.85. The maximum atomic E-state index is 13.8. The van der Waals surface area contributed by atoms with Crippen LogP contribution < -0.4 is 4.90 Å². The number of imidazole rings is 1. The zero-order valence-corrected chi connectivity index (χ0v) is 20.2. The predicted molar refractivity (Wildman–Crippen MR) is 120 cm³/mol. The molecule has 8 nitrogen and oxygen atoms in total. The van der Waals surface area contributed by atoms with Crippen LogP contribution in [-0.2, 0) is 28.2 Å². The number of sulfone groups is 1. The van der Waals surface area contributed by atoms with Crippen LogP contribution in [0.3, 0.4) is 0 Å². The first-order valence-corrected chi connectivity index (χ1v) is 12.6. The summed E-state index contributed by atoms with van der Waals surface area (Å²) in [6.07, 6.45) is -2.61. The zero-order valence-electron chi connectivity index (χ0n) is 19.4. The summed E-state index contributed by atoms with van der Waals surface area (Å²) in [6.45, 7) is 7.01. The van der Waals surface area contributed by atoms with Crippen LogP contribution >= 0.6 is 0 Å². The van der Waals surface area contributed by atoms with E-state index in [0.717, 1.165) is 12.5 Å². The molecule has 0 unspecified atom stereocenters. The summed E-state index contributed by atoms with van der Waals surface area (Å²) in [7, 11) is -3.42. The molecule has 2 aromatic heterocycles. The number of halogens is 3. The quantitative estimate of drug-likeness (QED) is 0.587. The molecule has 3 heterocycles. The van der Waals surface area contributed by atoms with Gasteiger partial charge in [0, 0.05) is 31.1 Å². The Hall–Kier alpha value is -2.73. The van der Waals surface area contributed by atoms with Crippen LogP contribution in [0.2, 0.25) is 0 Å². The summed E-state index contributed by atoms with van der Waals surface area (Å²) in [4.78, 5) is 14.6. The van der Waals surface area contributed by atoms with Crippen LogP contribution in [0.4, 0.5) is 19.1 Å². The minimum absolute atomic E-state index is 0.0721. The van der Waals surface area contributed by atoms with Crippen LogP contribution in [0, 0.1) is 5.92 Å². The van der Waals surface area contributed by atoms with E-state index in [-0.39, 0.29) is 16.8 Å². The van der Waals surface area contributed by atoms with E-state index in [4.69, 9.17) is 4.98 Å². The molecule has 0 aliphatic carbocycles. The minimum Gasteiger partial charge on any atom is -0.386 e. The Labute approximate surface area is 195 Å². The van der Waals surface area contributed by atoms with Crippen molar-refractivity contribution < 1.29 is 26.7 Å². The molecule has 1 N–H and O–H groups in total. The highest BCUT2D eigenvalue weighted by atomic mass is 32.2. The highest BCUT2D eigenvalue weighted by Gasteiger charge is 2.41. The average Bonchev–Trinajstić information content (AvgIpc) is 3.08. The van der Waals surface area contributed by atoms with E-state index < -0.39 is 38.9 Å². The molecule has 1 atom stereocenters. The zero-order chi connectivity index (χ0) is 25.2. The standard InChI is InChI=1S/C22H26F3N5O3S/c1-12(2)17-19-27-15-7-6-13(34(5,32)33)10-16(15)29(19)8-9-30(17)20-26-11-14(21(3,4)31)18(28-20)22(23,24)25/h6-7,10-12,17,31H,8-9H2,1-5H3/t17-/m0/s1. The van der Waals surface area contributed by atoms with Crippen molar-refractivity contribution in [2.45, 2.75) is 57.0 Å². The fourth-order valence-corrected chi connectivity index (χ4v) is 5.00. The molecule has 0 bridgehead atoms. The van der Waals surface area contributed by atoms with Crippen molar-refractivity contribution in [1.29, 1.82) is 0 Å². The first kappa shape index (κ1) is 24.4. The lowest BCUT2D eigenvalue weighted by Gasteiger charge is -2.38. The number of benzene rings is 1. The Kier molecular flexibility index (Phi) is 5.67. The van der Waals surface area contributed by atoms with Crippen molar-refractivity contribution in [1.82, 2.24) is 19.5 Å². The van der Waals surface area contributed by atoms with E-state index in [0.29, 0.717) is 29.9 Å². The molecule has 0 spiro atoms. The second-order valence-electron chi connectivity index (χ2n) is 9.42. The van der Waals surface area contributed by atoms with Gasteiger partial charge in [0.15, 0.2) is 15.5 Å². The molecule has 0 saturated heterocycles. The molecular formula is C22H26F3N5O3S.